The number of rotatable bonds is 3. The molecule has 4 nitrogen and oxygen atoms in total. The molecule has 0 aliphatic heterocycles. The maximum Gasteiger partial charge on any atom is 0.416 e. The maximum absolute atomic E-state index is 12.7. The standard InChI is InChI=1S/C16H9BrF3N3OS/c17-12-6-4-9(5-7-12)14-22-23-15(25-14)21-13(24)10-2-1-3-11(8-10)16(18,19)20/h1-8H,(H,21,23,24). The van der Waals surface area contributed by atoms with Crippen molar-refractivity contribution in [3.05, 3.63) is 64.1 Å². The Morgan fingerprint density at radius 3 is 2.48 bits per heavy atom. The number of nitrogens with zero attached hydrogens (tertiary/aromatic N) is 2. The van der Waals surface area contributed by atoms with Gasteiger partial charge in [-0.2, -0.15) is 13.2 Å². The predicted molar refractivity (Wildman–Crippen MR) is 92.4 cm³/mol. The van der Waals surface area contributed by atoms with Gasteiger partial charge in [-0.1, -0.05) is 45.5 Å². The molecule has 128 valence electrons. The first kappa shape index (κ1) is 17.6. The highest BCUT2D eigenvalue weighted by atomic mass is 79.9. The van der Waals surface area contributed by atoms with Gasteiger partial charge in [0.15, 0.2) is 0 Å². The molecule has 0 radical (unpaired) electrons. The van der Waals surface area contributed by atoms with Crippen LogP contribution in [0.25, 0.3) is 10.6 Å². The van der Waals surface area contributed by atoms with E-state index in [2.05, 4.69) is 31.4 Å². The highest BCUT2D eigenvalue weighted by Gasteiger charge is 2.31. The molecule has 0 saturated heterocycles. The fourth-order valence-electron chi connectivity index (χ4n) is 1.99. The van der Waals surface area contributed by atoms with Gasteiger partial charge in [0.2, 0.25) is 5.13 Å². The average Bonchev–Trinajstić information content (AvgIpc) is 3.03. The number of amides is 1. The summed E-state index contributed by atoms with van der Waals surface area (Å²) in [5, 5.41) is 11.1. The Morgan fingerprint density at radius 1 is 1.08 bits per heavy atom. The van der Waals surface area contributed by atoms with Crippen molar-refractivity contribution in [1.82, 2.24) is 10.2 Å². The van der Waals surface area contributed by atoms with Crippen LogP contribution in [0, 0.1) is 0 Å². The third kappa shape index (κ3) is 4.23. The van der Waals surface area contributed by atoms with Crippen molar-refractivity contribution in [1.29, 1.82) is 0 Å². The largest absolute Gasteiger partial charge is 0.416 e. The van der Waals surface area contributed by atoms with E-state index in [1.54, 1.807) is 0 Å². The number of anilines is 1. The number of hydrogen-bond acceptors (Lipinski definition) is 4. The quantitative estimate of drug-likeness (QED) is 0.621. The monoisotopic (exact) mass is 427 g/mol. The van der Waals surface area contributed by atoms with Crippen LogP contribution in [0.4, 0.5) is 18.3 Å². The smallest absolute Gasteiger partial charge is 0.296 e. The van der Waals surface area contributed by atoms with Crippen LogP contribution in [0.1, 0.15) is 15.9 Å². The fourth-order valence-corrected chi connectivity index (χ4v) is 3.00. The zero-order valence-corrected chi connectivity index (χ0v) is 14.7. The Balaban J connectivity index is 1.77. The fraction of sp³-hybridized carbons (Fsp3) is 0.0625. The van der Waals surface area contributed by atoms with Crippen LogP contribution in [0.3, 0.4) is 0 Å². The van der Waals surface area contributed by atoms with Crippen molar-refractivity contribution in [3.8, 4) is 10.6 Å². The molecular formula is C16H9BrF3N3OS. The third-order valence-corrected chi connectivity index (χ3v) is 4.61. The number of hydrogen-bond donors (Lipinski definition) is 1. The SMILES string of the molecule is O=C(Nc1nnc(-c2ccc(Br)cc2)s1)c1cccc(C(F)(F)F)c1. The molecule has 0 fully saturated rings. The summed E-state index contributed by atoms with van der Waals surface area (Å²) in [6.45, 7) is 0. The van der Waals surface area contributed by atoms with Gasteiger partial charge < -0.3 is 0 Å². The second-order valence-corrected chi connectivity index (χ2v) is 6.85. The summed E-state index contributed by atoms with van der Waals surface area (Å²) in [4.78, 5) is 12.1. The first-order valence-corrected chi connectivity index (χ1v) is 8.52. The summed E-state index contributed by atoms with van der Waals surface area (Å²) in [6.07, 6.45) is -4.51. The zero-order valence-electron chi connectivity index (χ0n) is 12.3. The van der Waals surface area contributed by atoms with Crippen molar-refractivity contribution in [2.24, 2.45) is 0 Å². The minimum absolute atomic E-state index is 0.102. The Bertz CT molecular complexity index is 909. The van der Waals surface area contributed by atoms with Gasteiger partial charge in [0.05, 0.1) is 5.56 Å². The maximum atomic E-state index is 12.7. The first-order chi connectivity index (χ1) is 11.8. The highest BCUT2D eigenvalue weighted by Crippen LogP contribution is 2.30. The average molecular weight is 428 g/mol. The van der Waals surface area contributed by atoms with Gasteiger partial charge in [-0.3, -0.25) is 10.1 Å². The first-order valence-electron chi connectivity index (χ1n) is 6.91. The number of carbonyl (C=O) groups excluding carboxylic acids is 1. The molecule has 1 aromatic heterocycles. The van der Waals surface area contributed by atoms with Crippen LogP contribution in [-0.4, -0.2) is 16.1 Å². The predicted octanol–water partition coefficient (Wildman–Crippen LogP) is 5.24. The Morgan fingerprint density at radius 2 is 1.80 bits per heavy atom. The van der Waals surface area contributed by atoms with Gasteiger partial charge in [0, 0.05) is 15.6 Å². The summed E-state index contributed by atoms with van der Waals surface area (Å²) in [5.74, 6) is -0.676. The second-order valence-electron chi connectivity index (χ2n) is 4.95. The number of halogens is 4. The lowest BCUT2D eigenvalue weighted by Crippen LogP contribution is -2.13. The topological polar surface area (TPSA) is 54.9 Å². The Kier molecular flexibility index (Phi) is 4.87. The molecular weight excluding hydrogens is 419 g/mol. The molecule has 0 saturated carbocycles. The van der Waals surface area contributed by atoms with Gasteiger partial charge in [-0.25, -0.2) is 0 Å². The minimum Gasteiger partial charge on any atom is -0.296 e. The highest BCUT2D eigenvalue weighted by molar-refractivity contribution is 9.10. The summed E-state index contributed by atoms with van der Waals surface area (Å²) in [5.41, 5.74) is -0.163. The van der Waals surface area contributed by atoms with E-state index in [0.29, 0.717) is 5.01 Å². The molecule has 0 aliphatic rings. The van der Waals surface area contributed by atoms with Crippen molar-refractivity contribution in [2.75, 3.05) is 5.32 Å². The van der Waals surface area contributed by atoms with E-state index in [1.807, 2.05) is 24.3 Å². The van der Waals surface area contributed by atoms with E-state index >= 15 is 0 Å². The summed E-state index contributed by atoms with van der Waals surface area (Å²) >= 11 is 4.46. The minimum atomic E-state index is -4.51. The lowest BCUT2D eigenvalue weighted by Gasteiger charge is -2.08. The molecule has 0 bridgehead atoms. The molecule has 1 heterocycles. The number of aromatic nitrogens is 2. The normalized spacial score (nSPS) is 11.4. The lowest BCUT2D eigenvalue weighted by molar-refractivity contribution is -0.137. The molecule has 1 amide bonds. The van der Waals surface area contributed by atoms with E-state index in [-0.39, 0.29) is 10.7 Å². The van der Waals surface area contributed by atoms with Crippen molar-refractivity contribution >= 4 is 38.3 Å². The molecule has 3 aromatic rings. The summed E-state index contributed by atoms with van der Waals surface area (Å²) in [6, 6.07) is 11.6. The third-order valence-electron chi connectivity index (χ3n) is 3.19. The van der Waals surface area contributed by atoms with Crippen LogP contribution < -0.4 is 5.32 Å². The molecule has 3 rings (SSSR count). The van der Waals surface area contributed by atoms with Gasteiger partial charge in [0.25, 0.3) is 5.91 Å². The Labute approximate surface area is 152 Å². The molecule has 0 spiro atoms. The molecule has 0 unspecified atom stereocenters. The van der Waals surface area contributed by atoms with Crippen molar-refractivity contribution in [2.45, 2.75) is 6.18 Å². The molecule has 9 heteroatoms. The number of carbonyl (C=O) groups is 1. The van der Waals surface area contributed by atoms with Gasteiger partial charge in [-0.15, -0.1) is 10.2 Å². The molecule has 1 N–H and O–H groups in total. The molecule has 0 atom stereocenters. The van der Waals surface area contributed by atoms with Crippen LogP contribution in [0.2, 0.25) is 0 Å². The summed E-state index contributed by atoms with van der Waals surface area (Å²) in [7, 11) is 0. The van der Waals surface area contributed by atoms with E-state index in [0.717, 1.165) is 33.5 Å². The van der Waals surface area contributed by atoms with Crippen LogP contribution in [-0.2, 0) is 6.18 Å². The second kappa shape index (κ2) is 6.93. The van der Waals surface area contributed by atoms with Crippen LogP contribution in [0.5, 0.6) is 0 Å². The number of benzene rings is 2. The Hall–Kier alpha value is -2.26. The van der Waals surface area contributed by atoms with Gasteiger partial charge in [-0.05, 0) is 30.3 Å². The van der Waals surface area contributed by atoms with Gasteiger partial charge >= 0.3 is 6.18 Å². The van der Waals surface area contributed by atoms with Crippen molar-refractivity contribution < 1.29 is 18.0 Å². The van der Waals surface area contributed by atoms with Crippen LogP contribution in [0.15, 0.2) is 53.0 Å². The van der Waals surface area contributed by atoms with Gasteiger partial charge in [0.1, 0.15) is 5.01 Å². The summed E-state index contributed by atoms with van der Waals surface area (Å²) < 4.78 is 39.1. The van der Waals surface area contributed by atoms with Crippen LogP contribution >= 0.6 is 27.3 Å². The van der Waals surface area contributed by atoms with E-state index in [1.165, 1.54) is 12.1 Å². The molecule has 25 heavy (non-hydrogen) atoms. The number of alkyl halides is 3. The van der Waals surface area contributed by atoms with E-state index in [4.69, 9.17) is 0 Å². The molecule has 0 aliphatic carbocycles. The molecule has 2 aromatic carbocycles. The van der Waals surface area contributed by atoms with E-state index < -0.39 is 17.6 Å². The lowest BCUT2D eigenvalue weighted by atomic mass is 10.1. The number of nitrogens with one attached hydrogen (secondary N) is 1. The van der Waals surface area contributed by atoms with Crippen molar-refractivity contribution in [3.63, 3.8) is 0 Å². The van der Waals surface area contributed by atoms with E-state index in [9.17, 15) is 18.0 Å². The zero-order chi connectivity index (χ0) is 18.0.